The predicted octanol–water partition coefficient (Wildman–Crippen LogP) is -2.88. The second kappa shape index (κ2) is 6.37. The molecule has 0 aliphatic rings. The van der Waals surface area contributed by atoms with Crippen molar-refractivity contribution in [3.63, 3.8) is 0 Å². The van der Waals surface area contributed by atoms with Crippen LogP contribution in [0.3, 0.4) is 0 Å². The van der Waals surface area contributed by atoms with E-state index < -0.39 is 0 Å². The molecule has 0 atom stereocenters. The van der Waals surface area contributed by atoms with E-state index in [0.717, 1.165) is 0 Å². The van der Waals surface area contributed by atoms with Crippen LogP contribution in [-0.2, 0) is 16.1 Å². The maximum absolute atomic E-state index is 11.0. The molecule has 4 nitrogen and oxygen atoms in total. The van der Waals surface area contributed by atoms with Crippen molar-refractivity contribution in [2.45, 2.75) is 13.5 Å². The number of nitrogens with two attached hydrogens (primary N) is 1. The lowest BCUT2D eigenvalue weighted by molar-refractivity contribution is -0.685. The Kier molecular flexibility index (Phi) is 5.87. The third-order valence-electron chi connectivity index (χ3n) is 1.50. The highest BCUT2D eigenvalue weighted by Crippen LogP contribution is 1.92. The molecule has 0 unspecified atom stereocenters. The van der Waals surface area contributed by atoms with Crippen LogP contribution in [0.1, 0.15) is 6.92 Å². The molecule has 1 aromatic heterocycles. The van der Waals surface area contributed by atoms with E-state index in [9.17, 15) is 4.79 Å². The monoisotopic (exact) mass is 260 g/mol. The van der Waals surface area contributed by atoms with E-state index in [4.69, 9.17) is 10.5 Å². The number of carbonyl (C=O) groups is 1. The summed E-state index contributed by atoms with van der Waals surface area (Å²) in [6.07, 6.45) is 3.46. The van der Waals surface area contributed by atoms with Gasteiger partial charge in [0.05, 0.1) is 12.3 Å². The van der Waals surface area contributed by atoms with Crippen LogP contribution < -0.4 is 27.3 Å². The maximum Gasteiger partial charge on any atom is 0.372 e. The van der Waals surface area contributed by atoms with Crippen molar-refractivity contribution in [1.82, 2.24) is 0 Å². The van der Waals surface area contributed by atoms with Gasteiger partial charge in [0.25, 0.3) is 0 Å². The molecule has 1 aromatic rings. The Hall–Kier alpha value is -1.10. The predicted molar refractivity (Wildman–Crippen MR) is 47.7 cm³/mol. The molecule has 78 valence electrons. The maximum atomic E-state index is 11.0. The quantitative estimate of drug-likeness (QED) is 0.470. The minimum absolute atomic E-state index is 0. The molecule has 0 aromatic carbocycles. The van der Waals surface area contributed by atoms with Gasteiger partial charge in [0.1, 0.15) is 0 Å². The molecule has 2 N–H and O–H groups in total. The van der Waals surface area contributed by atoms with Gasteiger partial charge < -0.3 is 27.5 Å². The second-order valence-electron chi connectivity index (χ2n) is 2.61. The summed E-state index contributed by atoms with van der Waals surface area (Å²) in [6.45, 7) is 2.39. The first-order chi connectivity index (χ1) is 6.22. The molecule has 0 aliphatic carbocycles. The average molecular weight is 261 g/mol. The van der Waals surface area contributed by atoms with E-state index in [1.807, 2.05) is 0 Å². The molecule has 0 fully saturated rings. The lowest BCUT2D eigenvalue weighted by atomic mass is 10.4. The zero-order valence-corrected chi connectivity index (χ0v) is 9.53. The SMILES string of the molecule is CCOC(=O)C[n+]1cccc(N)c1.[Br-]. The van der Waals surface area contributed by atoms with E-state index in [1.54, 1.807) is 36.0 Å². The van der Waals surface area contributed by atoms with Crippen LogP contribution in [0.5, 0.6) is 0 Å². The van der Waals surface area contributed by atoms with Crippen LogP contribution in [0.15, 0.2) is 24.5 Å². The molecular weight excluding hydrogens is 248 g/mol. The minimum Gasteiger partial charge on any atom is -1.00 e. The first-order valence-electron chi connectivity index (χ1n) is 4.12. The topological polar surface area (TPSA) is 56.2 Å². The largest absolute Gasteiger partial charge is 1.00 e. The van der Waals surface area contributed by atoms with Gasteiger partial charge in [0.15, 0.2) is 12.4 Å². The van der Waals surface area contributed by atoms with E-state index in [-0.39, 0.29) is 29.5 Å². The van der Waals surface area contributed by atoms with Crippen molar-refractivity contribution in [3.05, 3.63) is 24.5 Å². The summed E-state index contributed by atoms with van der Waals surface area (Å²) < 4.78 is 6.47. The minimum atomic E-state index is -0.252. The summed E-state index contributed by atoms with van der Waals surface area (Å²) in [7, 11) is 0. The summed E-state index contributed by atoms with van der Waals surface area (Å²) in [5.41, 5.74) is 6.17. The molecule has 0 saturated carbocycles. The van der Waals surface area contributed by atoms with Crippen molar-refractivity contribution in [1.29, 1.82) is 0 Å². The molecule has 14 heavy (non-hydrogen) atoms. The number of ether oxygens (including phenoxy) is 1. The highest BCUT2D eigenvalue weighted by Gasteiger charge is 2.09. The standard InChI is InChI=1S/C9H13N2O2.BrH/c1-2-13-9(12)7-11-5-3-4-8(10)6-11;/h3-6H,2,7,10H2,1H3;1H/q+1;/p-1. The Morgan fingerprint density at radius 3 is 2.93 bits per heavy atom. The molecular formula is C9H13BrN2O2. The summed E-state index contributed by atoms with van der Waals surface area (Å²) in [4.78, 5) is 11.0. The van der Waals surface area contributed by atoms with Crippen molar-refractivity contribution >= 4 is 11.7 Å². The summed E-state index contributed by atoms with van der Waals surface area (Å²) in [6, 6.07) is 3.55. The van der Waals surface area contributed by atoms with E-state index in [2.05, 4.69) is 0 Å². The third-order valence-corrected chi connectivity index (χ3v) is 1.50. The Morgan fingerprint density at radius 2 is 2.36 bits per heavy atom. The number of rotatable bonds is 3. The zero-order chi connectivity index (χ0) is 9.68. The Labute approximate surface area is 93.4 Å². The van der Waals surface area contributed by atoms with Gasteiger partial charge in [-0.25, -0.2) is 4.79 Å². The van der Waals surface area contributed by atoms with Gasteiger partial charge in [-0.05, 0) is 13.0 Å². The number of pyridine rings is 1. The number of nitrogens with zero attached hydrogens (tertiary/aromatic N) is 1. The molecule has 0 spiro atoms. The molecule has 0 saturated heterocycles. The average Bonchev–Trinajstić information content (AvgIpc) is 2.04. The molecule has 0 radical (unpaired) electrons. The normalized spacial score (nSPS) is 8.93. The molecule has 1 rings (SSSR count). The first kappa shape index (κ1) is 12.9. The van der Waals surface area contributed by atoms with Gasteiger partial charge >= 0.3 is 5.97 Å². The van der Waals surface area contributed by atoms with Gasteiger partial charge in [-0.1, -0.05) is 0 Å². The fourth-order valence-electron chi connectivity index (χ4n) is 0.996. The number of hydrogen-bond acceptors (Lipinski definition) is 3. The van der Waals surface area contributed by atoms with Gasteiger partial charge in [-0.2, -0.15) is 4.57 Å². The highest BCUT2D eigenvalue weighted by atomic mass is 79.9. The lowest BCUT2D eigenvalue weighted by Gasteiger charge is -1.98. The lowest BCUT2D eigenvalue weighted by Crippen LogP contribution is -3.00. The molecule has 1 heterocycles. The Morgan fingerprint density at radius 1 is 1.64 bits per heavy atom. The van der Waals surface area contributed by atoms with E-state index >= 15 is 0 Å². The number of carbonyl (C=O) groups excluding carboxylic acids is 1. The van der Waals surface area contributed by atoms with Crippen LogP contribution in [0.2, 0.25) is 0 Å². The number of aromatic nitrogens is 1. The van der Waals surface area contributed by atoms with Crippen molar-refractivity contribution in [3.8, 4) is 0 Å². The Balaban J connectivity index is 0.00000169. The zero-order valence-electron chi connectivity index (χ0n) is 7.94. The summed E-state index contributed by atoms with van der Waals surface area (Å²) in [5, 5.41) is 0. The van der Waals surface area contributed by atoms with Gasteiger partial charge in [0, 0.05) is 6.07 Å². The highest BCUT2D eigenvalue weighted by molar-refractivity contribution is 5.67. The number of hydrogen-bond donors (Lipinski definition) is 1. The van der Waals surface area contributed by atoms with Crippen molar-refractivity contribution < 1.29 is 31.1 Å². The number of halogens is 1. The van der Waals surface area contributed by atoms with Gasteiger partial charge in [-0.15, -0.1) is 0 Å². The first-order valence-corrected chi connectivity index (χ1v) is 4.12. The van der Waals surface area contributed by atoms with Gasteiger partial charge in [-0.3, -0.25) is 0 Å². The smallest absolute Gasteiger partial charge is 0.372 e. The number of anilines is 1. The molecule has 5 heteroatoms. The van der Waals surface area contributed by atoms with Crippen LogP contribution in [-0.4, -0.2) is 12.6 Å². The fraction of sp³-hybridized carbons (Fsp3) is 0.333. The van der Waals surface area contributed by atoms with E-state index in [1.165, 1.54) is 0 Å². The van der Waals surface area contributed by atoms with E-state index in [0.29, 0.717) is 12.3 Å². The third kappa shape index (κ3) is 4.23. The van der Waals surface area contributed by atoms with Gasteiger partial charge in [0.2, 0.25) is 6.54 Å². The van der Waals surface area contributed by atoms with Crippen LogP contribution in [0.4, 0.5) is 5.69 Å². The van der Waals surface area contributed by atoms with Crippen molar-refractivity contribution in [2.75, 3.05) is 12.3 Å². The second-order valence-corrected chi connectivity index (χ2v) is 2.61. The fourth-order valence-corrected chi connectivity index (χ4v) is 0.996. The Bertz CT molecular complexity index is 305. The van der Waals surface area contributed by atoms with Crippen LogP contribution in [0, 0.1) is 0 Å². The summed E-state index contributed by atoms with van der Waals surface area (Å²) in [5.74, 6) is -0.252. The number of esters is 1. The molecule has 0 aliphatic heterocycles. The molecule has 0 amide bonds. The molecule has 0 bridgehead atoms. The number of nitrogen functional groups attached to an aromatic ring is 1. The van der Waals surface area contributed by atoms with Crippen molar-refractivity contribution in [2.24, 2.45) is 0 Å². The van der Waals surface area contributed by atoms with Crippen LogP contribution in [0.25, 0.3) is 0 Å². The summed E-state index contributed by atoms with van der Waals surface area (Å²) >= 11 is 0. The van der Waals surface area contributed by atoms with Crippen LogP contribution >= 0.6 is 0 Å².